The Balaban J connectivity index is 1.42. The summed E-state index contributed by atoms with van der Waals surface area (Å²) in [7, 11) is 0. The maximum atomic E-state index is 7.87. The van der Waals surface area contributed by atoms with E-state index in [0.717, 1.165) is 55.1 Å². The molecule has 8 aromatic rings. The molecular formula is C34H17N5O2. The third kappa shape index (κ3) is 3.44. The van der Waals surface area contributed by atoms with Crippen LogP contribution in [0.2, 0.25) is 0 Å². The molecule has 8 rings (SSSR count). The first kappa shape index (κ1) is 22.8. The van der Waals surface area contributed by atoms with Crippen LogP contribution in [0.5, 0.6) is 0 Å². The number of hydrogen-bond donors (Lipinski definition) is 0. The van der Waals surface area contributed by atoms with Crippen molar-refractivity contribution >= 4 is 55.4 Å². The molecule has 0 saturated heterocycles. The zero-order valence-electron chi connectivity index (χ0n) is 21.4. The van der Waals surface area contributed by atoms with Crippen molar-refractivity contribution < 1.29 is 8.83 Å². The second kappa shape index (κ2) is 8.67. The van der Waals surface area contributed by atoms with E-state index in [9.17, 15) is 0 Å². The van der Waals surface area contributed by atoms with Crippen LogP contribution in [0.1, 0.15) is 0 Å². The van der Waals surface area contributed by atoms with Crippen LogP contribution in [-0.2, 0) is 0 Å². The van der Waals surface area contributed by atoms with E-state index in [1.54, 1.807) is 6.07 Å². The molecule has 0 bridgehead atoms. The molecule has 0 radical (unpaired) electrons. The van der Waals surface area contributed by atoms with E-state index in [2.05, 4.69) is 21.8 Å². The second-order valence-electron chi connectivity index (χ2n) is 9.64. The molecule has 0 unspecified atom stereocenters. The van der Waals surface area contributed by atoms with Crippen LogP contribution in [0.4, 0.5) is 11.4 Å². The fourth-order valence-corrected chi connectivity index (χ4v) is 5.44. The largest absolute Gasteiger partial charge is 0.436 e. The monoisotopic (exact) mass is 527 g/mol. The highest BCUT2D eigenvalue weighted by molar-refractivity contribution is 6.12. The minimum absolute atomic E-state index is 0.312. The van der Waals surface area contributed by atoms with Crippen molar-refractivity contribution in [1.29, 1.82) is 0 Å². The maximum Gasteiger partial charge on any atom is 0.227 e. The van der Waals surface area contributed by atoms with Crippen LogP contribution in [0.3, 0.4) is 0 Å². The van der Waals surface area contributed by atoms with Crippen molar-refractivity contribution in [3.63, 3.8) is 0 Å². The zero-order chi connectivity index (χ0) is 27.5. The zero-order valence-corrected chi connectivity index (χ0v) is 21.4. The van der Waals surface area contributed by atoms with Crippen molar-refractivity contribution in [3.05, 3.63) is 126 Å². The molecule has 0 amide bonds. The molecule has 0 saturated carbocycles. The third-order valence-corrected chi connectivity index (χ3v) is 7.31. The van der Waals surface area contributed by atoms with Gasteiger partial charge in [0.15, 0.2) is 16.9 Å². The molecule has 190 valence electrons. The van der Waals surface area contributed by atoms with Crippen LogP contribution < -0.4 is 0 Å². The molecule has 0 aliphatic carbocycles. The Morgan fingerprint density at radius 3 is 1.66 bits per heavy atom. The van der Waals surface area contributed by atoms with E-state index in [4.69, 9.17) is 31.9 Å². The number of nitrogens with zero attached hydrogens (tertiary/aromatic N) is 5. The van der Waals surface area contributed by atoms with Crippen molar-refractivity contribution in [2.45, 2.75) is 0 Å². The highest BCUT2D eigenvalue weighted by Gasteiger charge is 2.20. The predicted molar refractivity (Wildman–Crippen MR) is 159 cm³/mol. The standard InChI is InChI=1S/C34H17N5O2/c1-35-26-10-7-11-29(32(26)36-2)39-27-16-14-20(33-37-24-8-3-5-12-30(24)40-33)18-22(27)23-19-21(15-17-28(23)39)34-38-25-9-4-6-13-31(25)41-34/h3-19H. The van der Waals surface area contributed by atoms with Gasteiger partial charge in [0.25, 0.3) is 0 Å². The Morgan fingerprint density at radius 1 is 0.585 bits per heavy atom. The number of benzene rings is 5. The molecule has 0 aliphatic heterocycles. The smallest absolute Gasteiger partial charge is 0.227 e. The first-order chi connectivity index (χ1) is 20.2. The lowest BCUT2D eigenvalue weighted by molar-refractivity contribution is 0.619. The van der Waals surface area contributed by atoms with Crippen LogP contribution in [0.25, 0.3) is 82.3 Å². The summed E-state index contributed by atoms with van der Waals surface area (Å²) in [6.07, 6.45) is 0. The van der Waals surface area contributed by atoms with Crippen LogP contribution in [0, 0.1) is 13.1 Å². The number of aromatic nitrogens is 3. The van der Waals surface area contributed by atoms with Gasteiger partial charge in [-0.2, -0.15) is 0 Å². The van der Waals surface area contributed by atoms with Crippen LogP contribution in [-0.4, -0.2) is 14.5 Å². The van der Waals surface area contributed by atoms with Crippen molar-refractivity contribution in [1.82, 2.24) is 14.5 Å². The Morgan fingerprint density at radius 2 is 1.15 bits per heavy atom. The summed E-state index contributed by atoms with van der Waals surface area (Å²) in [5.41, 5.74) is 7.76. The van der Waals surface area contributed by atoms with Gasteiger partial charge in [0.05, 0.1) is 24.2 Å². The van der Waals surface area contributed by atoms with E-state index in [0.29, 0.717) is 28.8 Å². The van der Waals surface area contributed by atoms with Gasteiger partial charge < -0.3 is 13.4 Å². The summed E-state index contributed by atoms with van der Waals surface area (Å²) in [5.74, 6) is 1.06. The van der Waals surface area contributed by atoms with E-state index in [1.807, 2.05) is 89.5 Å². The Bertz CT molecular complexity index is 2220. The number of fused-ring (bicyclic) bond motifs is 5. The molecule has 0 aliphatic rings. The molecule has 0 spiro atoms. The average molecular weight is 528 g/mol. The molecule has 7 nitrogen and oxygen atoms in total. The number of hydrogen-bond acceptors (Lipinski definition) is 4. The van der Waals surface area contributed by atoms with Gasteiger partial charge in [-0.25, -0.2) is 14.8 Å². The van der Waals surface area contributed by atoms with E-state index >= 15 is 0 Å². The summed E-state index contributed by atoms with van der Waals surface area (Å²) >= 11 is 0. The summed E-state index contributed by atoms with van der Waals surface area (Å²) in [5, 5.41) is 1.89. The number of oxazole rings is 2. The SMILES string of the molecule is [C-]#[N+]c1cccc(-n2c3ccc(-c4nc5ccccc5o4)cc3c3cc(-c4nc5ccccc5o4)ccc32)c1[N+]#[C-]. The van der Waals surface area contributed by atoms with Gasteiger partial charge in [-0.05, 0) is 60.7 Å². The molecule has 3 aromatic heterocycles. The van der Waals surface area contributed by atoms with Gasteiger partial charge in [0.2, 0.25) is 17.5 Å². The lowest BCUT2D eigenvalue weighted by atomic mass is 10.1. The molecule has 0 fully saturated rings. The lowest BCUT2D eigenvalue weighted by Crippen LogP contribution is -1.94. The summed E-state index contributed by atoms with van der Waals surface area (Å²) < 4.78 is 14.2. The summed E-state index contributed by atoms with van der Waals surface area (Å²) in [6, 6.07) is 32.8. The Kier molecular flexibility index (Phi) is 4.82. The average Bonchev–Trinajstić information content (AvgIpc) is 3.73. The fraction of sp³-hybridized carbons (Fsp3) is 0. The van der Waals surface area contributed by atoms with E-state index in [1.165, 1.54) is 0 Å². The fourth-order valence-electron chi connectivity index (χ4n) is 5.44. The number of rotatable bonds is 3. The maximum absolute atomic E-state index is 7.87. The lowest BCUT2D eigenvalue weighted by Gasteiger charge is -2.11. The quantitative estimate of drug-likeness (QED) is 0.215. The van der Waals surface area contributed by atoms with Gasteiger partial charge in [-0.3, -0.25) is 4.85 Å². The van der Waals surface area contributed by atoms with Crippen molar-refractivity contribution in [2.24, 2.45) is 0 Å². The molecule has 7 heteroatoms. The van der Waals surface area contributed by atoms with E-state index < -0.39 is 0 Å². The normalized spacial score (nSPS) is 11.4. The summed E-state index contributed by atoms with van der Waals surface area (Å²) in [6.45, 7) is 15.5. The highest BCUT2D eigenvalue weighted by atomic mass is 16.4. The molecule has 0 N–H and O–H groups in total. The van der Waals surface area contributed by atoms with Gasteiger partial charge >= 0.3 is 0 Å². The second-order valence-corrected chi connectivity index (χ2v) is 9.64. The molecule has 5 aromatic carbocycles. The topological polar surface area (TPSA) is 65.7 Å². The third-order valence-electron chi connectivity index (χ3n) is 7.31. The molecular weight excluding hydrogens is 510 g/mol. The van der Waals surface area contributed by atoms with Crippen LogP contribution in [0.15, 0.2) is 112 Å². The molecule has 41 heavy (non-hydrogen) atoms. The van der Waals surface area contributed by atoms with Gasteiger partial charge in [-0.15, -0.1) is 0 Å². The van der Waals surface area contributed by atoms with E-state index in [-0.39, 0.29) is 0 Å². The minimum atomic E-state index is 0.312. The van der Waals surface area contributed by atoms with Gasteiger partial charge in [-0.1, -0.05) is 42.5 Å². The van der Waals surface area contributed by atoms with Gasteiger partial charge in [0, 0.05) is 27.6 Å². The predicted octanol–water partition coefficient (Wildman–Crippen LogP) is 9.50. The first-order valence-electron chi connectivity index (χ1n) is 12.9. The molecule has 0 atom stereocenters. The minimum Gasteiger partial charge on any atom is -0.436 e. The first-order valence-corrected chi connectivity index (χ1v) is 12.9. The highest BCUT2D eigenvalue weighted by Crippen LogP contribution is 2.42. The van der Waals surface area contributed by atoms with Crippen LogP contribution >= 0.6 is 0 Å². The van der Waals surface area contributed by atoms with Crippen molar-refractivity contribution in [2.75, 3.05) is 0 Å². The Hall–Kier alpha value is -6.18. The van der Waals surface area contributed by atoms with Crippen molar-refractivity contribution in [3.8, 4) is 28.6 Å². The Labute approximate surface area is 233 Å². The number of para-hydroxylation sites is 5. The summed E-state index contributed by atoms with van der Waals surface area (Å²) in [4.78, 5) is 16.8. The van der Waals surface area contributed by atoms with Gasteiger partial charge in [0.1, 0.15) is 11.0 Å². The molecule has 3 heterocycles.